The zero-order valence-electron chi connectivity index (χ0n) is 11.2. The van der Waals surface area contributed by atoms with E-state index in [-0.39, 0.29) is 5.91 Å². The Morgan fingerprint density at radius 2 is 1.89 bits per heavy atom. The number of piperazine rings is 1. The topological polar surface area (TPSA) is 60.9 Å². The summed E-state index contributed by atoms with van der Waals surface area (Å²) in [5.41, 5.74) is -1.31. The van der Waals surface area contributed by atoms with Crippen LogP contribution in [0.4, 0.5) is 0 Å². The van der Waals surface area contributed by atoms with Crippen LogP contribution in [-0.2, 0) is 9.59 Å². The van der Waals surface area contributed by atoms with E-state index in [2.05, 4.69) is 4.90 Å². The Hall–Kier alpha value is -1.10. The molecule has 2 heterocycles. The molecule has 18 heavy (non-hydrogen) atoms. The molecule has 1 unspecified atom stereocenters. The molecule has 2 saturated heterocycles. The van der Waals surface area contributed by atoms with Crippen molar-refractivity contribution >= 4 is 11.9 Å². The molecule has 0 aliphatic carbocycles. The van der Waals surface area contributed by atoms with Crippen molar-refractivity contribution in [3.63, 3.8) is 0 Å². The van der Waals surface area contributed by atoms with Crippen molar-refractivity contribution in [2.24, 2.45) is 5.41 Å². The van der Waals surface area contributed by atoms with Crippen molar-refractivity contribution in [1.29, 1.82) is 0 Å². The number of carbonyl (C=O) groups is 2. The zero-order chi connectivity index (χ0) is 13.3. The van der Waals surface area contributed by atoms with Crippen LogP contribution in [0, 0.1) is 5.41 Å². The lowest BCUT2D eigenvalue weighted by Crippen LogP contribution is -2.58. The summed E-state index contributed by atoms with van der Waals surface area (Å²) >= 11 is 0. The van der Waals surface area contributed by atoms with Gasteiger partial charge >= 0.3 is 5.97 Å². The molecule has 102 valence electrons. The molecular weight excluding hydrogens is 232 g/mol. The first-order valence-electron chi connectivity index (χ1n) is 6.70. The van der Waals surface area contributed by atoms with E-state index in [4.69, 9.17) is 5.11 Å². The number of amides is 1. The fourth-order valence-corrected chi connectivity index (χ4v) is 2.83. The number of nitrogens with zero attached hydrogens (tertiary/aromatic N) is 2. The first kappa shape index (κ1) is 13.3. The molecule has 0 aromatic heterocycles. The summed E-state index contributed by atoms with van der Waals surface area (Å²) in [5.74, 6) is -1.29. The molecule has 2 fully saturated rings. The van der Waals surface area contributed by atoms with Crippen molar-refractivity contribution in [1.82, 2.24) is 9.80 Å². The Bertz CT molecular complexity index is 354. The predicted octanol–water partition coefficient (Wildman–Crippen LogP) is 0.794. The molecule has 5 nitrogen and oxygen atoms in total. The van der Waals surface area contributed by atoms with Crippen molar-refractivity contribution < 1.29 is 14.7 Å². The summed E-state index contributed by atoms with van der Waals surface area (Å²) in [6.07, 6.45) is 3.58. The maximum atomic E-state index is 12.3. The molecule has 5 heteroatoms. The predicted molar refractivity (Wildman–Crippen MR) is 67.2 cm³/mol. The average molecular weight is 254 g/mol. The minimum absolute atomic E-state index is 0.250. The second-order valence-corrected chi connectivity index (χ2v) is 5.87. The highest BCUT2D eigenvalue weighted by molar-refractivity contribution is 6.01. The fraction of sp³-hybridized carbons (Fsp3) is 0.846. The lowest BCUT2D eigenvalue weighted by atomic mass is 9.90. The van der Waals surface area contributed by atoms with Gasteiger partial charge in [-0.05, 0) is 33.2 Å². The van der Waals surface area contributed by atoms with Crippen molar-refractivity contribution in [2.45, 2.75) is 39.2 Å². The fourth-order valence-electron chi connectivity index (χ4n) is 2.83. The van der Waals surface area contributed by atoms with Crippen molar-refractivity contribution in [3.05, 3.63) is 0 Å². The van der Waals surface area contributed by atoms with E-state index in [1.165, 1.54) is 26.7 Å². The molecule has 0 radical (unpaired) electrons. The number of carboxylic acid groups (broad SMARTS) is 1. The number of aliphatic carboxylic acids is 1. The van der Waals surface area contributed by atoms with E-state index in [0.717, 1.165) is 19.5 Å². The normalized spacial score (nSPS) is 25.7. The SMILES string of the molecule is CC(C)(C(=O)O)C(=O)N1CCN2CCCCC2C1. The summed E-state index contributed by atoms with van der Waals surface area (Å²) in [6, 6.07) is 0.432. The number of fused-ring (bicyclic) bond motifs is 1. The van der Waals surface area contributed by atoms with Crippen LogP contribution < -0.4 is 0 Å². The van der Waals surface area contributed by atoms with Gasteiger partial charge in [0.15, 0.2) is 0 Å². The minimum atomic E-state index is -1.31. The molecule has 0 saturated carbocycles. The second kappa shape index (κ2) is 4.88. The van der Waals surface area contributed by atoms with E-state index in [1.807, 2.05) is 0 Å². The van der Waals surface area contributed by atoms with Gasteiger partial charge in [-0.15, -0.1) is 0 Å². The number of carboxylic acids is 1. The van der Waals surface area contributed by atoms with Crippen LogP contribution in [0.5, 0.6) is 0 Å². The van der Waals surface area contributed by atoms with Gasteiger partial charge in [-0.2, -0.15) is 0 Å². The standard InChI is InChI=1S/C13H22N2O3/c1-13(2,12(17)18)11(16)15-8-7-14-6-4-3-5-10(14)9-15/h10H,3-9H2,1-2H3,(H,17,18). The van der Waals surface area contributed by atoms with E-state index < -0.39 is 11.4 Å². The number of carbonyl (C=O) groups excluding carboxylic acids is 1. The van der Waals surface area contributed by atoms with E-state index in [9.17, 15) is 9.59 Å². The van der Waals surface area contributed by atoms with Gasteiger partial charge in [0.25, 0.3) is 0 Å². The summed E-state index contributed by atoms with van der Waals surface area (Å²) in [6.45, 7) is 6.33. The van der Waals surface area contributed by atoms with Crippen LogP contribution in [-0.4, -0.2) is 59.0 Å². The van der Waals surface area contributed by atoms with Gasteiger partial charge in [0.05, 0.1) is 0 Å². The van der Waals surface area contributed by atoms with Gasteiger partial charge in [0.1, 0.15) is 5.41 Å². The Kier molecular flexibility index (Phi) is 3.61. The van der Waals surface area contributed by atoms with Gasteiger partial charge in [0, 0.05) is 25.7 Å². The van der Waals surface area contributed by atoms with E-state index in [0.29, 0.717) is 19.1 Å². The van der Waals surface area contributed by atoms with Gasteiger partial charge < -0.3 is 10.0 Å². The van der Waals surface area contributed by atoms with Crippen LogP contribution in [0.1, 0.15) is 33.1 Å². The Morgan fingerprint density at radius 3 is 2.56 bits per heavy atom. The third-order valence-corrected chi connectivity index (χ3v) is 4.19. The van der Waals surface area contributed by atoms with Crippen molar-refractivity contribution in [2.75, 3.05) is 26.2 Å². The highest BCUT2D eigenvalue weighted by Gasteiger charge is 2.41. The number of piperidine rings is 1. The molecule has 2 rings (SSSR count). The monoisotopic (exact) mass is 254 g/mol. The molecule has 2 aliphatic rings. The quantitative estimate of drug-likeness (QED) is 0.740. The van der Waals surface area contributed by atoms with Gasteiger partial charge in [-0.25, -0.2) is 0 Å². The summed E-state index contributed by atoms with van der Waals surface area (Å²) < 4.78 is 0. The maximum Gasteiger partial charge on any atom is 0.318 e. The van der Waals surface area contributed by atoms with Crippen LogP contribution in [0.2, 0.25) is 0 Å². The molecule has 2 aliphatic heterocycles. The summed E-state index contributed by atoms with van der Waals surface area (Å²) in [4.78, 5) is 27.6. The number of hydrogen-bond donors (Lipinski definition) is 1. The molecule has 1 N–H and O–H groups in total. The van der Waals surface area contributed by atoms with Crippen LogP contribution in [0.25, 0.3) is 0 Å². The zero-order valence-corrected chi connectivity index (χ0v) is 11.2. The van der Waals surface area contributed by atoms with Crippen LogP contribution >= 0.6 is 0 Å². The maximum absolute atomic E-state index is 12.3. The largest absolute Gasteiger partial charge is 0.480 e. The van der Waals surface area contributed by atoms with Crippen LogP contribution in [0.3, 0.4) is 0 Å². The molecule has 0 spiro atoms. The smallest absolute Gasteiger partial charge is 0.318 e. The van der Waals surface area contributed by atoms with Crippen molar-refractivity contribution in [3.8, 4) is 0 Å². The van der Waals surface area contributed by atoms with Crippen LogP contribution in [0.15, 0.2) is 0 Å². The minimum Gasteiger partial charge on any atom is -0.480 e. The summed E-state index contributed by atoms with van der Waals surface area (Å²) in [5, 5.41) is 9.12. The highest BCUT2D eigenvalue weighted by Crippen LogP contribution is 2.25. The van der Waals surface area contributed by atoms with Gasteiger partial charge in [0.2, 0.25) is 5.91 Å². The highest BCUT2D eigenvalue weighted by atomic mass is 16.4. The van der Waals surface area contributed by atoms with Gasteiger partial charge in [-0.3, -0.25) is 14.5 Å². The third-order valence-electron chi connectivity index (χ3n) is 4.19. The Morgan fingerprint density at radius 1 is 1.17 bits per heavy atom. The summed E-state index contributed by atoms with van der Waals surface area (Å²) in [7, 11) is 0. The van der Waals surface area contributed by atoms with E-state index >= 15 is 0 Å². The number of hydrogen-bond acceptors (Lipinski definition) is 3. The first-order valence-corrected chi connectivity index (χ1v) is 6.70. The first-order chi connectivity index (χ1) is 8.43. The lowest BCUT2D eigenvalue weighted by molar-refractivity contribution is -0.160. The Labute approximate surface area is 108 Å². The third kappa shape index (κ3) is 2.36. The average Bonchev–Trinajstić information content (AvgIpc) is 2.37. The molecular formula is C13H22N2O3. The molecule has 1 atom stereocenters. The second-order valence-electron chi connectivity index (χ2n) is 5.87. The Balaban J connectivity index is 2.02. The molecule has 0 aromatic rings. The molecule has 0 bridgehead atoms. The van der Waals surface area contributed by atoms with E-state index in [1.54, 1.807) is 4.90 Å². The number of rotatable bonds is 2. The van der Waals surface area contributed by atoms with Gasteiger partial charge in [-0.1, -0.05) is 6.42 Å². The molecule has 0 aromatic carbocycles. The molecule has 1 amide bonds. The lowest BCUT2D eigenvalue weighted by Gasteiger charge is -2.45.